The maximum absolute atomic E-state index is 12.4. The maximum Gasteiger partial charge on any atom is 0.410 e. The van der Waals surface area contributed by atoms with Gasteiger partial charge in [0.2, 0.25) is 0 Å². The van der Waals surface area contributed by atoms with Crippen LogP contribution in [0.15, 0.2) is 21.6 Å². The summed E-state index contributed by atoms with van der Waals surface area (Å²) < 4.78 is 17.9. The number of aryl methyl sites for hydroxylation is 1. The number of pyridine rings is 1. The third kappa shape index (κ3) is 4.26. The van der Waals surface area contributed by atoms with Crippen molar-refractivity contribution in [2.75, 3.05) is 26.3 Å². The van der Waals surface area contributed by atoms with Crippen molar-refractivity contribution < 1.29 is 18.8 Å². The zero-order valence-electron chi connectivity index (χ0n) is 17.9. The van der Waals surface area contributed by atoms with E-state index >= 15 is 0 Å². The summed E-state index contributed by atoms with van der Waals surface area (Å²) in [4.78, 5) is 31.0. The molecular weight excluding hydrogens is 388 g/mol. The van der Waals surface area contributed by atoms with E-state index in [1.807, 2.05) is 20.8 Å². The molecule has 2 fully saturated rings. The standard InChI is InChI=1S/C21H28N4O5/c1-13-9-15(10-25(19(13)26)16-11-28-12-16)18-22-17(23-30-18)14-5-7-24(8-6-14)20(27)29-21(2,3)4/h9-10,14,16H,5-8,11-12H2,1-4H3. The van der Waals surface area contributed by atoms with Gasteiger partial charge in [-0.2, -0.15) is 4.98 Å². The first kappa shape index (κ1) is 20.6. The van der Waals surface area contributed by atoms with Crippen molar-refractivity contribution in [2.45, 2.75) is 58.1 Å². The lowest BCUT2D eigenvalue weighted by Gasteiger charge is -2.32. The molecule has 4 rings (SSSR count). The first-order valence-electron chi connectivity index (χ1n) is 10.3. The SMILES string of the molecule is Cc1cc(-c2nc(C3CCN(C(=O)OC(C)(C)C)CC3)no2)cn(C2COC2)c1=O. The Balaban J connectivity index is 1.45. The minimum absolute atomic E-state index is 0.0266. The van der Waals surface area contributed by atoms with Gasteiger partial charge in [-0.1, -0.05) is 5.16 Å². The van der Waals surface area contributed by atoms with Crippen LogP contribution in [0.4, 0.5) is 4.79 Å². The van der Waals surface area contributed by atoms with Gasteiger partial charge in [0.05, 0.1) is 24.8 Å². The fourth-order valence-electron chi connectivity index (χ4n) is 3.68. The van der Waals surface area contributed by atoms with E-state index in [4.69, 9.17) is 14.0 Å². The van der Waals surface area contributed by atoms with Crippen molar-refractivity contribution in [3.63, 3.8) is 0 Å². The number of rotatable bonds is 3. The first-order chi connectivity index (χ1) is 14.2. The van der Waals surface area contributed by atoms with Crippen LogP contribution >= 0.6 is 0 Å². The lowest BCUT2D eigenvalue weighted by atomic mass is 9.96. The molecule has 0 unspecified atom stereocenters. The number of carbonyl (C=O) groups is 1. The number of piperidine rings is 1. The van der Waals surface area contributed by atoms with E-state index in [9.17, 15) is 9.59 Å². The molecule has 0 spiro atoms. The molecule has 0 radical (unpaired) electrons. The van der Waals surface area contributed by atoms with Crippen LogP contribution in [0.1, 0.15) is 57.0 Å². The average Bonchev–Trinajstić information content (AvgIpc) is 3.12. The number of aromatic nitrogens is 3. The van der Waals surface area contributed by atoms with Crippen molar-refractivity contribution in [2.24, 2.45) is 0 Å². The fraction of sp³-hybridized carbons (Fsp3) is 0.619. The second-order valence-electron chi connectivity index (χ2n) is 9.01. The lowest BCUT2D eigenvalue weighted by Crippen LogP contribution is -2.41. The molecule has 2 aliphatic rings. The highest BCUT2D eigenvalue weighted by Gasteiger charge is 2.30. The van der Waals surface area contributed by atoms with Gasteiger partial charge in [-0.05, 0) is 46.6 Å². The number of amides is 1. The molecule has 0 aliphatic carbocycles. The summed E-state index contributed by atoms with van der Waals surface area (Å²) in [6.07, 6.45) is 2.98. The van der Waals surface area contributed by atoms with Crippen molar-refractivity contribution >= 4 is 6.09 Å². The minimum atomic E-state index is -0.503. The van der Waals surface area contributed by atoms with Gasteiger partial charge in [0.15, 0.2) is 5.82 Å². The third-order valence-electron chi connectivity index (χ3n) is 5.44. The Morgan fingerprint density at radius 3 is 2.53 bits per heavy atom. The Bertz CT molecular complexity index is 978. The number of hydrogen-bond acceptors (Lipinski definition) is 7. The topological polar surface area (TPSA) is 99.7 Å². The summed E-state index contributed by atoms with van der Waals surface area (Å²) in [6.45, 7) is 9.63. The number of hydrogen-bond donors (Lipinski definition) is 0. The third-order valence-corrected chi connectivity index (χ3v) is 5.44. The maximum atomic E-state index is 12.4. The quantitative estimate of drug-likeness (QED) is 0.758. The van der Waals surface area contributed by atoms with Crippen molar-refractivity contribution in [1.29, 1.82) is 0 Å². The van der Waals surface area contributed by atoms with Crippen molar-refractivity contribution in [3.05, 3.63) is 34.0 Å². The van der Waals surface area contributed by atoms with E-state index in [1.165, 1.54) is 0 Å². The van der Waals surface area contributed by atoms with Crippen LogP contribution in [0.25, 0.3) is 11.5 Å². The van der Waals surface area contributed by atoms with Gasteiger partial charge in [-0.15, -0.1) is 0 Å². The molecule has 0 atom stereocenters. The fourth-order valence-corrected chi connectivity index (χ4v) is 3.68. The van der Waals surface area contributed by atoms with Crippen LogP contribution in [0.2, 0.25) is 0 Å². The van der Waals surface area contributed by atoms with Gasteiger partial charge in [-0.25, -0.2) is 4.79 Å². The highest BCUT2D eigenvalue weighted by molar-refractivity contribution is 5.68. The molecule has 0 bridgehead atoms. The van der Waals surface area contributed by atoms with E-state index in [-0.39, 0.29) is 23.6 Å². The second-order valence-corrected chi connectivity index (χ2v) is 9.01. The molecule has 4 heterocycles. The number of carbonyl (C=O) groups excluding carboxylic acids is 1. The molecule has 1 amide bonds. The van der Waals surface area contributed by atoms with Gasteiger partial charge < -0.3 is 23.5 Å². The summed E-state index contributed by atoms with van der Waals surface area (Å²) in [6, 6.07) is 1.83. The number of likely N-dealkylation sites (tertiary alicyclic amines) is 1. The van der Waals surface area contributed by atoms with Gasteiger partial charge in [0.25, 0.3) is 11.4 Å². The van der Waals surface area contributed by atoms with E-state index in [0.29, 0.717) is 43.6 Å². The molecule has 2 aliphatic heterocycles. The van der Waals surface area contributed by atoms with Gasteiger partial charge in [0.1, 0.15) is 5.60 Å². The molecule has 2 aromatic heterocycles. The second kappa shape index (κ2) is 7.86. The van der Waals surface area contributed by atoms with Gasteiger partial charge >= 0.3 is 6.09 Å². The predicted molar refractivity (Wildman–Crippen MR) is 108 cm³/mol. The molecular formula is C21H28N4O5. The summed E-state index contributed by atoms with van der Waals surface area (Å²) in [7, 11) is 0. The minimum Gasteiger partial charge on any atom is -0.444 e. The molecule has 0 aromatic carbocycles. The Kier molecular flexibility index (Phi) is 5.40. The molecule has 2 saturated heterocycles. The molecule has 30 heavy (non-hydrogen) atoms. The van der Waals surface area contributed by atoms with Gasteiger partial charge in [0, 0.05) is 30.8 Å². The van der Waals surface area contributed by atoms with Crippen LogP contribution in [0, 0.1) is 6.92 Å². The van der Waals surface area contributed by atoms with Crippen molar-refractivity contribution in [3.8, 4) is 11.5 Å². The lowest BCUT2D eigenvalue weighted by molar-refractivity contribution is -0.0248. The van der Waals surface area contributed by atoms with Crippen LogP contribution in [-0.2, 0) is 9.47 Å². The van der Waals surface area contributed by atoms with Crippen LogP contribution < -0.4 is 5.56 Å². The van der Waals surface area contributed by atoms with E-state index in [2.05, 4.69) is 10.1 Å². The van der Waals surface area contributed by atoms with E-state index in [1.54, 1.807) is 28.7 Å². The largest absolute Gasteiger partial charge is 0.444 e. The highest BCUT2D eigenvalue weighted by atomic mass is 16.6. The molecule has 0 saturated carbocycles. The monoisotopic (exact) mass is 416 g/mol. The first-order valence-corrected chi connectivity index (χ1v) is 10.3. The Morgan fingerprint density at radius 1 is 1.23 bits per heavy atom. The molecule has 0 N–H and O–H groups in total. The zero-order valence-corrected chi connectivity index (χ0v) is 17.9. The summed E-state index contributed by atoms with van der Waals surface area (Å²) in [5, 5.41) is 4.17. The molecule has 162 valence electrons. The number of ether oxygens (including phenoxy) is 2. The van der Waals surface area contributed by atoms with E-state index < -0.39 is 5.60 Å². The van der Waals surface area contributed by atoms with Crippen molar-refractivity contribution in [1.82, 2.24) is 19.6 Å². The van der Waals surface area contributed by atoms with Gasteiger partial charge in [-0.3, -0.25) is 4.79 Å². The van der Waals surface area contributed by atoms with Crippen LogP contribution in [0.3, 0.4) is 0 Å². The predicted octanol–water partition coefficient (Wildman–Crippen LogP) is 2.89. The number of nitrogens with zero attached hydrogens (tertiary/aromatic N) is 4. The Labute approximate surface area is 175 Å². The zero-order chi connectivity index (χ0) is 21.5. The normalized spacial score (nSPS) is 18.3. The smallest absolute Gasteiger partial charge is 0.410 e. The van der Waals surface area contributed by atoms with E-state index in [0.717, 1.165) is 18.4 Å². The Hall–Kier alpha value is -2.68. The molecule has 9 heteroatoms. The highest BCUT2D eigenvalue weighted by Crippen LogP contribution is 2.29. The summed E-state index contributed by atoms with van der Waals surface area (Å²) in [5.41, 5.74) is 0.826. The molecule has 9 nitrogen and oxygen atoms in total. The summed E-state index contributed by atoms with van der Waals surface area (Å²) in [5.74, 6) is 1.15. The van der Waals surface area contributed by atoms with Crippen LogP contribution in [0.5, 0.6) is 0 Å². The summed E-state index contributed by atoms with van der Waals surface area (Å²) >= 11 is 0. The van der Waals surface area contributed by atoms with Crippen LogP contribution in [-0.4, -0.2) is 57.6 Å². The Morgan fingerprint density at radius 2 is 1.93 bits per heavy atom. The average molecular weight is 416 g/mol. The molecule has 2 aromatic rings.